The number of nitrogens with one attached hydrogen (secondary N) is 1. The predicted octanol–water partition coefficient (Wildman–Crippen LogP) is 2.40. The van der Waals surface area contributed by atoms with Crippen LogP contribution in [0, 0.1) is 0 Å². The Kier molecular flexibility index (Phi) is 5.45. The Balaban J connectivity index is 2.05. The monoisotopic (exact) mass is 312 g/mol. The molecule has 1 aromatic rings. The van der Waals surface area contributed by atoms with Crippen LogP contribution in [0.3, 0.4) is 0 Å². The van der Waals surface area contributed by atoms with E-state index in [1.165, 1.54) is 0 Å². The van der Waals surface area contributed by atoms with E-state index in [0.717, 1.165) is 13.1 Å². The maximum Gasteiger partial charge on any atom is 0.241 e. The van der Waals surface area contributed by atoms with Gasteiger partial charge in [0.1, 0.15) is 5.75 Å². The minimum absolute atomic E-state index is 0.0790. The molecule has 116 valence electrons. The van der Waals surface area contributed by atoms with Gasteiger partial charge in [-0.25, -0.2) is 0 Å². The molecule has 1 fully saturated rings. The first-order valence-corrected chi connectivity index (χ1v) is 7.39. The molecule has 0 radical (unpaired) electrons. The van der Waals surface area contributed by atoms with E-state index in [-0.39, 0.29) is 18.1 Å². The highest BCUT2D eigenvalue weighted by Gasteiger charge is 2.26. The third-order valence-corrected chi connectivity index (χ3v) is 3.85. The number of amides is 1. The van der Waals surface area contributed by atoms with Crippen LogP contribution in [-0.2, 0) is 9.53 Å². The molecule has 1 N–H and O–H groups in total. The molecular weight excluding hydrogens is 292 g/mol. The molecule has 0 saturated carbocycles. The average Bonchev–Trinajstić information content (AvgIpc) is 2.46. The number of nitrogens with zero attached hydrogens (tertiary/aromatic N) is 1. The molecule has 0 bridgehead atoms. The van der Waals surface area contributed by atoms with Gasteiger partial charge in [0, 0.05) is 18.1 Å². The van der Waals surface area contributed by atoms with Gasteiger partial charge < -0.3 is 14.8 Å². The summed E-state index contributed by atoms with van der Waals surface area (Å²) in [4.78, 5) is 14.5. The van der Waals surface area contributed by atoms with Crippen molar-refractivity contribution in [3.05, 3.63) is 23.2 Å². The number of anilines is 1. The second-order valence-electron chi connectivity index (χ2n) is 5.19. The van der Waals surface area contributed by atoms with Gasteiger partial charge in [-0.3, -0.25) is 9.69 Å². The number of methoxy groups -OCH3 is 1. The Morgan fingerprint density at radius 1 is 1.57 bits per heavy atom. The molecule has 21 heavy (non-hydrogen) atoms. The zero-order valence-corrected chi connectivity index (χ0v) is 13.3. The molecule has 0 unspecified atom stereocenters. The summed E-state index contributed by atoms with van der Waals surface area (Å²) in [5, 5.41) is 3.44. The number of carbonyl (C=O) groups excluding carboxylic acids is 1. The topological polar surface area (TPSA) is 50.8 Å². The van der Waals surface area contributed by atoms with Crippen molar-refractivity contribution >= 4 is 23.2 Å². The van der Waals surface area contributed by atoms with E-state index in [4.69, 9.17) is 21.1 Å². The summed E-state index contributed by atoms with van der Waals surface area (Å²) in [7, 11) is 1.56. The van der Waals surface area contributed by atoms with Crippen LogP contribution in [0.4, 0.5) is 5.69 Å². The van der Waals surface area contributed by atoms with Gasteiger partial charge in [-0.05, 0) is 32.0 Å². The normalized spacial score (nSPS) is 20.9. The van der Waals surface area contributed by atoms with Crippen molar-refractivity contribution in [3.63, 3.8) is 0 Å². The summed E-state index contributed by atoms with van der Waals surface area (Å²) in [6.07, 6.45) is 0.148. The first-order valence-electron chi connectivity index (χ1n) is 7.01. The Morgan fingerprint density at radius 2 is 2.33 bits per heavy atom. The highest BCUT2D eigenvalue weighted by molar-refractivity contribution is 6.31. The number of carbonyl (C=O) groups is 1. The van der Waals surface area contributed by atoms with Gasteiger partial charge >= 0.3 is 0 Å². The van der Waals surface area contributed by atoms with Crippen molar-refractivity contribution in [2.75, 3.05) is 32.1 Å². The molecule has 6 heteroatoms. The van der Waals surface area contributed by atoms with E-state index in [0.29, 0.717) is 23.1 Å². The highest BCUT2D eigenvalue weighted by atomic mass is 35.5. The lowest BCUT2D eigenvalue weighted by Crippen LogP contribution is -2.50. The third-order valence-electron chi connectivity index (χ3n) is 3.62. The van der Waals surface area contributed by atoms with Crippen LogP contribution in [0.15, 0.2) is 18.2 Å². The molecule has 0 aliphatic carbocycles. The van der Waals surface area contributed by atoms with Crippen molar-refractivity contribution in [1.82, 2.24) is 4.90 Å². The SMILES string of the molecule is COc1ccc(Cl)cc1NC(=O)[C@H](C)N1CCO[C@@H](C)C1. The molecule has 0 aromatic heterocycles. The van der Waals surface area contributed by atoms with Crippen LogP contribution in [0.25, 0.3) is 0 Å². The minimum Gasteiger partial charge on any atom is -0.495 e. The van der Waals surface area contributed by atoms with E-state index in [1.807, 2.05) is 13.8 Å². The summed E-state index contributed by atoms with van der Waals surface area (Å²) >= 11 is 5.97. The summed E-state index contributed by atoms with van der Waals surface area (Å²) in [5.74, 6) is 0.514. The zero-order valence-electron chi connectivity index (χ0n) is 12.6. The summed E-state index contributed by atoms with van der Waals surface area (Å²) in [6, 6.07) is 4.91. The Hall–Kier alpha value is -1.30. The van der Waals surface area contributed by atoms with Gasteiger partial charge in [0.15, 0.2) is 0 Å². The fourth-order valence-corrected chi connectivity index (χ4v) is 2.55. The van der Waals surface area contributed by atoms with E-state index in [1.54, 1.807) is 25.3 Å². The van der Waals surface area contributed by atoms with Gasteiger partial charge in [-0.1, -0.05) is 11.6 Å². The molecule has 1 aromatic carbocycles. The number of benzene rings is 1. The fraction of sp³-hybridized carbons (Fsp3) is 0.533. The van der Waals surface area contributed by atoms with Gasteiger partial charge in [0.25, 0.3) is 0 Å². The van der Waals surface area contributed by atoms with Crippen molar-refractivity contribution in [1.29, 1.82) is 0 Å². The zero-order chi connectivity index (χ0) is 15.4. The van der Waals surface area contributed by atoms with E-state index in [9.17, 15) is 4.79 Å². The Morgan fingerprint density at radius 3 is 3.00 bits per heavy atom. The summed E-state index contributed by atoms with van der Waals surface area (Å²) in [5.41, 5.74) is 0.586. The standard InChI is InChI=1S/C15H21ClN2O3/c1-10-9-18(6-7-21-10)11(2)15(19)17-13-8-12(16)4-5-14(13)20-3/h4-5,8,10-11H,6-7,9H2,1-3H3,(H,17,19)/t10-,11-/m0/s1. The largest absolute Gasteiger partial charge is 0.495 e. The minimum atomic E-state index is -0.236. The Labute approximate surface area is 130 Å². The van der Waals surface area contributed by atoms with Crippen LogP contribution < -0.4 is 10.1 Å². The second-order valence-corrected chi connectivity index (χ2v) is 5.62. The van der Waals surface area contributed by atoms with Gasteiger partial charge in [-0.15, -0.1) is 0 Å². The fourth-order valence-electron chi connectivity index (χ4n) is 2.38. The first-order chi connectivity index (χ1) is 10.0. The van der Waals surface area contributed by atoms with Crippen molar-refractivity contribution in [3.8, 4) is 5.75 Å². The summed E-state index contributed by atoms with van der Waals surface area (Å²) in [6.45, 7) is 6.06. The van der Waals surface area contributed by atoms with Crippen molar-refractivity contribution in [2.45, 2.75) is 26.0 Å². The quantitative estimate of drug-likeness (QED) is 0.927. The van der Waals surface area contributed by atoms with Crippen LogP contribution in [-0.4, -0.2) is 49.8 Å². The molecule has 1 amide bonds. The molecule has 5 nitrogen and oxygen atoms in total. The maximum absolute atomic E-state index is 12.4. The molecule has 1 saturated heterocycles. The number of halogens is 1. The molecule has 0 spiro atoms. The molecule has 1 aliphatic rings. The van der Waals surface area contributed by atoms with E-state index in [2.05, 4.69) is 10.2 Å². The number of rotatable bonds is 4. The van der Waals surface area contributed by atoms with E-state index < -0.39 is 0 Å². The molecule has 2 rings (SSSR count). The van der Waals surface area contributed by atoms with E-state index >= 15 is 0 Å². The van der Waals surface area contributed by atoms with Gasteiger partial charge in [0.2, 0.25) is 5.91 Å². The van der Waals surface area contributed by atoms with Crippen LogP contribution >= 0.6 is 11.6 Å². The summed E-state index contributed by atoms with van der Waals surface area (Å²) < 4.78 is 10.7. The molecule has 1 aliphatic heterocycles. The van der Waals surface area contributed by atoms with Crippen LogP contribution in [0.1, 0.15) is 13.8 Å². The van der Waals surface area contributed by atoms with Gasteiger partial charge in [-0.2, -0.15) is 0 Å². The van der Waals surface area contributed by atoms with Gasteiger partial charge in [0.05, 0.1) is 31.5 Å². The smallest absolute Gasteiger partial charge is 0.241 e. The van der Waals surface area contributed by atoms with Crippen molar-refractivity contribution < 1.29 is 14.3 Å². The second kappa shape index (κ2) is 7.11. The lowest BCUT2D eigenvalue weighted by Gasteiger charge is -2.34. The molecule has 1 heterocycles. The van der Waals surface area contributed by atoms with Crippen LogP contribution in [0.5, 0.6) is 5.75 Å². The first kappa shape index (κ1) is 16.1. The third kappa shape index (κ3) is 4.09. The lowest BCUT2D eigenvalue weighted by molar-refractivity contribution is -0.123. The van der Waals surface area contributed by atoms with Crippen molar-refractivity contribution in [2.24, 2.45) is 0 Å². The molecular formula is C15H21ClN2O3. The number of morpholine rings is 1. The average molecular weight is 313 g/mol. The highest BCUT2D eigenvalue weighted by Crippen LogP contribution is 2.28. The number of hydrogen-bond donors (Lipinski definition) is 1. The maximum atomic E-state index is 12.4. The number of ether oxygens (including phenoxy) is 2. The number of hydrogen-bond acceptors (Lipinski definition) is 4. The molecule has 2 atom stereocenters. The lowest BCUT2D eigenvalue weighted by atomic mass is 10.2. The van der Waals surface area contributed by atoms with Crippen LogP contribution in [0.2, 0.25) is 5.02 Å². The Bertz CT molecular complexity index is 510. The predicted molar refractivity (Wildman–Crippen MR) is 83.1 cm³/mol.